The van der Waals surface area contributed by atoms with E-state index in [-0.39, 0.29) is 18.4 Å². The van der Waals surface area contributed by atoms with Crippen LogP contribution in [0.15, 0.2) is 59.6 Å². The lowest BCUT2D eigenvalue weighted by molar-refractivity contribution is -0.117. The van der Waals surface area contributed by atoms with E-state index in [0.717, 1.165) is 29.8 Å². The van der Waals surface area contributed by atoms with Crippen molar-refractivity contribution >= 4 is 17.6 Å². The molecule has 0 spiro atoms. The molecule has 2 aromatic rings. The van der Waals surface area contributed by atoms with Gasteiger partial charge in [-0.15, -0.1) is 0 Å². The van der Waals surface area contributed by atoms with Crippen LogP contribution in [-0.4, -0.2) is 43.7 Å². The highest BCUT2D eigenvalue weighted by atomic mass is 16.3. The fourth-order valence-electron chi connectivity index (χ4n) is 3.35. The third kappa shape index (κ3) is 5.10. The van der Waals surface area contributed by atoms with Gasteiger partial charge in [-0.2, -0.15) is 0 Å². The summed E-state index contributed by atoms with van der Waals surface area (Å²) in [4.78, 5) is 17.9. The number of aliphatic hydroxyl groups is 1. The Labute approximate surface area is 166 Å². The highest BCUT2D eigenvalue weighted by Crippen LogP contribution is 2.21. The maximum Gasteiger partial charge on any atom is 0.227 e. The molecule has 1 aliphatic heterocycles. The largest absolute Gasteiger partial charge is 0.396 e. The van der Waals surface area contributed by atoms with E-state index in [1.807, 2.05) is 59.5 Å². The van der Waals surface area contributed by atoms with Gasteiger partial charge in [-0.3, -0.25) is 9.79 Å². The molecule has 28 heavy (non-hydrogen) atoms. The van der Waals surface area contributed by atoms with Crippen molar-refractivity contribution in [1.29, 1.82) is 0 Å². The number of hydrogen-bond donors (Lipinski definition) is 3. The molecule has 3 N–H and O–H groups in total. The summed E-state index contributed by atoms with van der Waals surface area (Å²) in [6, 6.07) is 18.0. The number of rotatable bonds is 7. The average Bonchev–Trinajstić information content (AvgIpc) is 3.17. The van der Waals surface area contributed by atoms with Gasteiger partial charge in [0, 0.05) is 44.7 Å². The van der Waals surface area contributed by atoms with Crippen LogP contribution < -0.4 is 15.5 Å². The second-order valence-electron chi connectivity index (χ2n) is 6.91. The Bertz CT molecular complexity index is 790. The normalized spacial score (nSPS) is 15.6. The van der Waals surface area contributed by atoms with E-state index in [4.69, 9.17) is 0 Å². The summed E-state index contributed by atoms with van der Waals surface area (Å²) in [5.41, 5.74) is 3.17. The number of nitrogens with zero attached hydrogens (tertiary/aromatic N) is 2. The van der Waals surface area contributed by atoms with E-state index in [1.165, 1.54) is 0 Å². The van der Waals surface area contributed by atoms with Gasteiger partial charge >= 0.3 is 0 Å². The summed E-state index contributed by atoms with van der Waals surface area (Å²) in [6.45, 7) is 2.10. The predicted molar refractivity (Wildman–Crippen MR) is 112 cm³/mol. The number of nitrogens with one attached hydrogen (secondary N) is 2. The van der Waals surface area contributed by atoms with Gasteiger partial charge in [-0.05, 0) is 29.7 Å². The molecular formula is C22H28N4O2. The van der Waals surface area contributed by atoms with Crippen molar-refractivity contribution in [2.45, 2.75) is 25.3 Å². The molecule has 0 bridgehead atoms. The lowest BCUT2D eigenvalue weighted by atomic mass is 10.0. The van der Waals surface area contributed by atoms with Crippen LogP contribution in [0.3, 0.4) is 0 Å². The highest BCUT2D eigenvalue weighted by molar-refractivity contribution is 5.95. The van der Waals surface area contributed by atoms with E-state index < -0.39 is 0 Å². The summed E-state index contributed by atoms with van der Waals surface area (Å²) < 4.78 is 0. The molecule has 1 atom stereocenters. The van der Waals surface area contributed by atoms with Gasteiger partial charge in [0.05, 0.1) is 6.61 Å². The highest BCUT2D eigenvalue weighted by Gasteiger charge is 2.21. The number of aliphatic hydroxyl groups excluding tert-OH is 1. The topological polar surface area (TPSA) is 77.0 Å². The number of hydrogen-bond acceptors (Lipinski definition) is 3. The van der Waals surface area contributed by atoms with Crippen molar-refractivity contribution in [1.82, 2.24) is 10.6 Å². The van der Waals surface area contributed by atoms with E-state index >= 15 is 0 Å². The third-order valence-electron chi connectivity index (χ3n) is 5.01. The van der Waals surface area contributed by atoms with Crippen LogP contribution >= 0.6 is 0 Å². The lowest BCUT2D eigenvalue weighted by Gasteiger charge is -2.18. The molecule has 1 unspecified atom stereocenters. The third-order valence-corrected chi connectivity index (χ3v) is 5.01. The zero-order valence-corrected chi connectivity index (χ0v) is 16.3. The van der Waals surface area contributed by atoms with Gasteiger partial charge in [0.25, 0.3) is 0 Å². The zero-order chi connectivity index (χ0) is 19.8. The number of aliphatic imine (C=N–C) groups is 1. The molecule has 1 fully saturated rings. The Balaban J connectivity index is 1.50. The second-order valence-corrected chi connectivity index (χ2v) is 6.91. The number of benzene rings is 2. The van der Waals surface area contributed by atoms with Gasteiger partial charge in [-0.1, -0.05) is 42.5 Å². The van der Waals surface area contributed by atoms with Gasteiger partial charge < -0.3 is 20.6 Å². The summed E-state index contributed by atoms with van der Waals surface area (Å²) >= 11 is 0. The molecule has 3 rings (SSSR count). The number of guanidine groups is 1. The van der Waals surface area contributed by atoms with Gasteiger partial charge in [0.15, 0.2) is 5.96 Å². The molecule has 0 aromatic heterocycles. The standard InChI is InChI=1S/C22H28N4O2/c1-23-22(25-15-19(16-27)18-6-3-2-4-7-18)24-14-17-9-11-20(12-10-17)26-13-5-8-21(26)28/h2-4,6-7,9-12,19,27H,5,8,13-16H2,1H3,(H2,23,24,25). The Kier molecular flexibility index (Phi) is 7.03. The van der Waals surface area contributed by atoms with Crippen LogP contribution in [0.1, 0.15) is 29.9 Å². The smallest absolute Gasteiger partial charge is 0.227 e. The summed E-state index contributed by atoms with van der Waals surface area (Å²) in [5, 5.41) is 16.2. The molecule has 0 radical (unpaired) electrons. The summed E-state index contributed by atoms with van der Waals surface area (Å²) in [7, 11) is 1.73. The first kappa shape index (κ1) is 19.9. The number of carbonyl (C=O) groups is 1. The molecule has 1 amide bonds. The minimum absolute atomic E-state index is 0.0111. The molecule has 2 aromatic carbocycles. The van der Waals surface area contributed by atoms with Gasteiger partial charge in [0.1, 0.15) is 0 Å². The molecule has 0 aliphatic carbocycles. The molecule has 0 saturated carbocycles. The van der Waals surface area contributed by atoms with Crippen molar-refractivity contribution in [3.8, 4) is 0 Å². The minimum atomic E-state index is 0.0111. The van der Waals surface area contributed by atoms with Crippen LogP contribution in [0, 0.1) is 0 Å². The van der Waals surface area contributed by atoms with E-state index in [2.05, 4.69) is 15.6 Å². The Morgan fingerprint density at radius 1 is 1.14 bits per heavy atom. The van der Waals surface area contributed by atoms with Crippen molar-refractivity contribution in [2.24, 2.45) is 4.99 Å². The van der Waals surface area contributed by atoms with E-state index in [0.29, 0.717) is 25.5 Å². The number of amides is 1. The van der Waals surface area contributed by atoms with Gasteiger partial charge in [-0.25, -0.2) is 0 Å². The quantitative estimate of drug-likeness (QED) is 0.509. The van der Waals surface area contributed by atoms with E-state index in [1.54, 1.807) is 7.05 Å². The fraction of sp³-hybridized carbons (Fsp3) is 0.364. The molecule has 1 saturated heterocycles. The monoisotopic (exact) mass is 380 g/mol. The van der Waals surface area contributed by atoms with Crippen molar-refractivity contribution in [2.75, 3.05) is 31.6 Å². The van der Waals surface area contributed by atoms with Crippen LogP contribution in [-0.2, 0) is 11.3 Å². The molecular weight excluding hydrogens is 352 g/mol. The Hall–Kier alpha value is -2.86. The predicted octanol–water partition coefficient (Wildman–Crippen LogP) is 2.25. The maximum absolute atomic E-state index is 11.8. The van der Waals surface area contributed by atoms with Crippen LogP contribution in [0.5, 0.6) is 0 Å². The van der Waals surface area contributed by atoms with Crippen LogP contribution in [0.4, 0.5) is 5.69 Å². The first-order valence-electron chi connectivity index (χ1n) is 9.71. The van der Waals surface area contributed by atoms with Crippen LogP contribution in [0.25, 0.3) is 0 Å². The van der Waals surface area contributed by atoms with Gasteiger partial charge in [0.2, 0.25) is 5.91 Å². The average molecular weight is 380 g/mol. The van der Waals surface area contributed by atoms with Crippen molar-refractivity contribution in [3.05, 3.63) is 65.7 Å². The first-order chi connectivity index (χ1) is 13.7. The first-order valence-corrected chi connectivity index (χ1v) is 9.71. The number of carbonyl (C=O) groups excluding carboxylic acids is 1. The fourth-order valence-corrected chi connectivity index (χ4v) is 3.35. The minimum Gasteiger partial charge on any atom is -0.396 e. The number of anilines is 1. The Morgan fingerprint density at radius 3 is 2.50 bits per heavy atom. The van der Waals surface area contributed by atoms with Crippen molar-refractivity contribution < 1.29 is 9.90 Å². The maximum atomic E-state index is 11.8. The SMILES string of the molecule is CN=C(NCc1ccc(N2CCCC2=O)cc1)NCC(CO)c1ccccc1. The molecule has 1 aliphatic rings. The zero-order valence-electron chi connectivity index (χ0n) is 16.3. The molecule has 6 nitrogen and oxygen atoms in total. The van der Waals surface area contributed by atoms with Crippen molar-refractivity contribution in [3.63, 3.8) is 0 Å². The van der Waals surface area contributed by atoms with E-state index in [9.17, 15) is 9.90 Å². The molecule has 6 heteroatoms. The molecule has 1 heterocycles. The second kappa shape index (κ2) is 9.90. The lowest BCUT2D eigenvalue weighted by Crippen LogP contribution is -2.39. The van der Waals surface area contributed by atoms with Crippen LogP contribution in [0.2, 0.25) is 0 Å². The Morgan fingerprint density at radius 2 is 1.89 bits per heavy atom. The summed E-state index contributed by atoms with van der Waals surface area (Å²) in [5.74, 6) is 0.901. The summed E-state index contributed by atoms with van der Waals surface area (Å²) in [6.07, 6.45) is 1.57. The molecule has 148 valence electrons.